The summed E-state index contributed by atoms with van der Waals surface area (Å²) in [4.78, 5) is 6.67. The Hall–Kier alpha value is -1.07. The Morgan fingerprint density at radius 3 is 2.70 bits per heavy atom. The summed E-state index contributed by atoms with van der Waals surface area (Å²) in [5.41, 5.74) is 8.02. The van der Waals surface area contributed by atoms with Crippen LogP contribution in [0, 0.1) is 0 Å². The second-order valence-corrected chi connectivity index (χ2v) is 5.75. The molecule has 1 heterocycles. The minimum Gasteiger partial charge on any atom is -0.396 e. The lowest BCUT2D eigenvalue weighted by atomic mass is 10.1. The number of nitrogens with two attached hydrogens (primary N) is 1. The average molecular weight is 313 g/mol. The Bertz CT molecular complexity index is 614. The zero-order chi connectivity index (χ0) is 14.7. The standard InChI is InChI=1S/C14H18Cl2N4/c1-20(2)6-5-18-8-9-3-4-10-11(15)7-12(16)13(17)14(10)19-9/h3-4,7,18H,5-6,8,17H2,1-2H3. The van der Waals surface area contributed by atoms with Crippen molar-refractivity contribution >= 4 is 39.8 Å². The van der Waals surface area contributed by atoms with Crippen LogP contribution in [0.1, 0.15) is 5.69 Å². The normalized spacial score (nSPS) is 11.4. The second-order valence-electron chi connectivity index (χ2n) is 4.93. The lowest BCUT2D eigenvalue weighted by Gasteiger charge is -2.11. The van der Waals surface area contributed by atoms with E-state index in [-0.39, 0.29) is 0 Å². The maximum Gasteiger partial charge on any atom is 0.0965 e. The second kappa shape index (κ2) is 6.59. The molecule has 4 nitrogen and oxygen atoms in total. The van der Waals surface area contributed by atoms with E-state index in [1.807, 2.05) is 26.2 Å². The molecule has 0 aliphatic rings. The van der Waals surface area contributed by atoms with Crippen LogP contribution in [0.4, 0.5) is 5.69 Å². The third-order valence-electron chi connectivity index (χ3n) is 3.02. The molecule has 108 valence electrons. The van der Waals surface area contributed by atoms with E-state index < -0.39 is 0 Å². The zero-order valence-corrected chi connectivity index (χ0v) is 13.1. The van der Waals surface area contributed by atoms with Gasteiger partial charge in [-0.3, -0.25) is 0 Å². The molecule has 0 aliphatic heterocycles. The number of nitrogens with one attached hydrogen (secondary N) is 1. The molecule has 2 aromatic rings. The fourth-order valence-corrected chi connectivity index (χ4v) is 2.41. The number of likely N-dealkylation sites (N-methyl/N-ethyl adjacent to an activating group) is 1. The number of anilines is 1. The maximum absolute atomic E-state index is 6.15. The highest BCUT2D eigenvalue weighted by Gasteiger charge is 2.09. The third kappa shape index (κ3) is 3.52. The molecule has 1 aromatic carbocycles. The first-order chi connectivity index (χ1) is 9.49. The van der Waals surface area contributed by atoms with Gasteiger partial charge in [-0.1, -0.05) is 23.2 Å². The van der Waals surface area contributed by atoms with Crippen LogP contribution in [0.2, 0.25) is 10.0 Å². The first-order valence-electron chi connectivity index (χ1n) is 6.37. The number of aromatic nitrogens is 1. The van der Waals surface area contributed by atoms with E-state index in [0.29, 0.717) is 27.8 Å². The monoisotopic (exact) mass is 312 g/mol. The van der Waals surface area contributed by atoms with Crippen LogP contribution in [0.5, 0.6) is 0 Å². The Morgan fingerprint density at radius 1 is 1.25 bits per heavy atom. The molecule has 3 N–H and O–H groups in total. The van der Waals surface area contributed by atoms with Gasteiger partial charge in [-0.2, -0.15) is 0 Å². The molecule has 0 saturated carbocycles. The van der Waals surface area contributed by atoms with E-state index in [1.54, 1.807) is 6.07 Å². The molecule has 0 radical (unpaired) electrons. The van der Waals surface area contributed by atoms with Gasteiger partial charge < -0.3 is 16.0 Å². The van der Waals surface area contributed by atoms with Gasteiger partial charge in [0.25, 0.3) is 0 Å². The van der Waals surface area contributed by atoms with Gasteiger partial charge in [0.2, 0.25) is 0 Å². The fraction of sp³-hybridized carbons (Fsp3) is 0.357. The molecule has 0 saturated heterocycles. The molecule has 0 atom stereocenters. The van der Waals surface area contributed by atoms with Gasteiger partial charge in [-0.25, -0.2) is 4.98 Å². The number of hydrogen-bond donors (Lipinski definition) is 2. The summed E-state index contributed by atoms with van der Waals surface area (Å²) in [6, 6.07) is 5.53. The van der Waals surface area contributed by atoms with Crippen molar-refractivity contribution in [1.29, 1.82) is 0 Å². The predicted octanol–water partition coefficient (Wildman–Crippen LogP) is 2.77. The highest BCUT2D eigenvalue weighted by atomic mass is 35.5. The van der Waals surface area contributed by atoms with E-state index >= 15 is 0 Å². The van der Waals surface area contributed by atoms with Crippen LogP contribution in [0.15, 0.2) is 18.2 Å². The van der Waals surface area contributed by atoms with Crippen molar-refractivity contribution in [3.05, 3.63) is 33.9 Å². The molecule has 0 bridgehead atoms. The molecule has 20 heavy (non-hydrogen) atoms. The topological polar surface area (TPSA) is 54.2 Å². The Kier molecular flexibility index (Phi) is 5.05. The summed E-state index contributed by atoms with van der Waals surface area (Å²) < 4.78 is 0. The van der Waals surface area contributed by atoms with Crippen molar-refractivity contribution in [2.24, 2.45) is 0 Å². The van der Waals surface area contributed by atoms with E-state index in [2.05, 4.69) is 15.2 Å². The molecule has 1 aromatic heterocycles. The minimum absolute atomic E-state index is 0.438. The van der Waals surface area contributed by atoms with Crippen molar-refractivity contribution in [1.82, 2.24) is 15.2 Å². The van der Waals surface area contributed by atoms with Crippen molar-refractivity contribution in [2.45, 2.75) is 6.54 Å². The van der Waals surface area contributed by atoms with Crippen LogP contribution in [-0.2, 0) is 6.54 Å². The largest absolute Gasteiger partial charge is 0.396 e. The Morgan fingerprint density at radius 2 is 2.00 bits per heavy atom. The number of rotatable bonds is 5. The predicted molar refractivity (Wildman–Crippen MR) is 86.4 cm³/mol. The summed E-state index contributed by atoms with van der Waals surface area (Å²) >= 11 is 12.2. The third-order valence-corrected chi connectivity index (χ3v) is 3.64. The quantitative estimate of drug-likeness (QED) is 0.658. The zero-order valence-electron chi connectivity index (χ0n) is 11.6. The fourth-order valence-electron chi connectivity index (χ4n) is 1.90. The summed E-state index contributed by atoms with van der Waals surface area (Å²) in [5.74, 6) is 0. The van der Waals surface area contributed by atoms with Gasteiger partial charge in [0, 0.05) is 25.0 Å². The van der Waals surface area contributed by atoms with Crippen molar-refractivity contribution < 1.29 is 0 Å². The molecule has 0 aliphatic carbocycles. The summed E-state index contributed by atoms with van der Waals surface area (Å²) in [5, 5.41) is 5.17. The lowest BCUT2D eigenvalue weighted by molar-refractivity contribution is 0.399. The van der Waals surface area contributed by atoms with Gasteiger partial charge in [0.1, 0.15) is 0 Å². The molecule has 6 heteroatoms. The van der Waals surface area contributed by atoms with Crippen molar-refractivity contribution in [2.75, 3.05) is 32.9 Å². The molecule has 2 rings (SSSR count). The molecule has 0 fully saturated rings. The maximum atomic E-state index is 6.15. The number of nitrogens with zero attached hydrogens (tertiary/aromatic N) is 2. The summed E-state index contributed by atoms with van der Waals surface area (Å²) in [7, 11) is 4.08. The Labute approximate surface area is 128 Å². The highest BCUT2D eigenvalue weighted by Crippen LogP contribution is 2.33. The summed E-state index contributed by atoms with van der Waals surface area (Å²) in [6.45, 7) is 2.57. The van der Waals surface area contributed by atoms with Gasteiger partial charge in [-0.15, -0.1) is 0 Å². The molecule has 0 unspecified atom stereocenters. The van der Waals surface area contributed by atoms with E-state index in [9.17, 15) is 0 Å². The molecular formula is C14H18Cl2N4. The van der Waals surface area contributed by atoms with Crippen molar-refractivity contribution in [3.63, 3.8) is 0 Å². The number of nitrogen functional groups attached to an aromatic ring is 1. The van der Waals surface area contributed by atoms with E-state index in [1.165, 1.54) is 0 Å². The Balaban J connectivity index is 2.18. The molecule has 0 spiro atoms. The van der Waals surface area contributed by atoms with Crippen LogP contribution in [-0.4, -0.2) is 37.1 Å². The van der Waals surface area contributed by atoms with Crippen LogP contribution in [0.25, 0.3) is 10.9 Å². The van der Waals surface area contributed by atoms with Crippen LogP contribution in [0.3, 0.4) is 0 Å². The number of benzene rings is 1. The number of fused-ring (bicyclic) bond motifs is 1. The van der Waals surface area contributed by atoms with Gasteiger partial charge in [0.05, 0.1) is 26.9 Å². The van der Waals surface area contributed by atoms with Crippen LogP contribution >= 0.6 is 23.2 Å². The molecular weight excluding hydrogens is 295 g/mol. The van der Waals surface area contributed by atoms with Crippen LogP contribution < -0.4 is 11.1 Å². The van der Waals surface area contributed by atoms with E-state index in [4.69, 9.17) is 28.9 Å². The lowest BCUT2D eigenvalue weighted by Crippen LogP contribution is -2.26. The van der Waals surface area contributed by atoms with Gasteiger partial charge in [-0.05, 0) is 32.3 Å². The SMILES string of the molecule is CN(C)CCNCc1ccc2c(Cl)cc(Cl)c(N)c2n1. The highest BCUT2D eigenvalue weighted by molar-refractivity contribution is 6.40. The average Bonchev–Trinajstić information content (AvgIpc) is 2.41. The summed E-state index contributed by atoms with van der Waals surface area (Å²) in [6.07, 6.45) is 0. The smallest absolute Gasteiger partial charge is 0.0965 e. The van der Waals surface area contributed by atoms with Crippen molar-refractivity contribution in [3.8, 4) is 0 Å². The minimum atomic E-state index is 0.438. The first-order valence-corrected chi connectivity index (χ1v) is 7.13. The van der Waals surface area contributed by atoms with Gasteiger partial charge in [0.15, 0.2) is 0 Å². The van der Waals surface area contributed by atoms with E-state index in [0.717, 1.165) is 24.2 Å². The first kappa shape index (κ1) is 15.3. The number of hydrogen-bond acceptors (Lipinski definition) is 4. The molecule has 0 amide bonds. The number of pyridine rings is 1. The number of halogens is 2. The van der Waals surface area contributed by atoms with Gasteiger partial charge >= 0.3 is 0 Å².